The number of aliphatic hydroxyl groups is 1. The van der Waals surface area contributed by atoms with Crippen LogP contribution in [0.1, 0.15) is 44.9 Å². The van der Waals surface area contributed by atoms with Gasteiger partial charge >= 0.3 is 6.18 Å². The van der Waals surface area contributed by atoms with E-state index >= 15 is 0 Å². The molecule has 1 saturated carbocycles. The van der Waals surface area contributed by atoms with Crippen molar-refractivity contribution in [1.82, 2.24) is 5.32 Å². The summed E-state index contributed by atoms with van der Waals surface area (Å²) in [5.74, 6) is 0. The third kappa shape index (κ3) is 2.94. The standard InChI is InChI=1S/C16H22F3NO/c1-14(2)13(15(14,3)4)20-9-12(21)10-6-5-7-11(8-10)16(17,18)19/h5-8,12-13,20-21H,9H2,1-4H3. The number of hydrogen-bond donors (Lipinski definition) is 2. The van der Waals surface area contributed by atoms with Gasteiger partial charge in [-0.25, -0.2) is 0 Å². The molecule has 1 fully saturated rings. The Kier molecular flexibility index (Phi) is 3.87. The van der Waals surface area contributed by atoms with Gasteiger partial charge in [0.25, 0.3) is 0 Å². The molecule has 1 unspecified atom stereocenters. The van der Waals surface area contributed by atoms with Crippen LogP contribution in [0.15, 0.2) is 24.3 Å². The van der Waals surface area contributed by atoms with E-state index in [0.29, 0.717) is 0 Å². The molecule has 0 spiro atoms. The van der Waals surface area contributed by atoms with Crippen LogP contribution in [0.4, 0.5) is 13.2 Å². The van der Waals surface area contributed by atoms with Crippen molar-refractivity contribution in [3.8, 4) is 0 Å². The summed E-state index contributed by atoms with van der Waals surface area (Å²) in [6.07, 6.45) is -5.33. The minimum absolute atomic E-state index is 0.126. The Morgan fingerprint density at radius 2 is 1.76 bits per heavy atom. The number of halogens is 3. The molecule has 1 aliphatic carbocycles. The Morgan fingerprint density at radius 3 is 2.24 bits per heavy atom. The van der Waals surface area contributed by atoms with Gasteiger partial charge in [-0.15, -0.1) is 0 Å². The van der Waals surface area contributed by atoms with E-state index in [1.807, 2.05) is 0 Å². The average molecular weight is 301 g/mol. The van der Waals surface area contributed by atoms with Gasteiger partial charge in [0.15, 0.2) is 0 Å². The highest BCUT2D eigenvalue weighted by atomic mass is 19.4. The molecule has 0 amide bonds. The van der Waals surface area contributed by atoms with Gasteiger partial charge in [0.2, 0.25) is 0 Å². The predicted octanol–water partition coefficient (Wildman–Crippen LogP) is 3.76. The lowest BCUT2D eigenvalue weighted by molar-refractivity contribution is -0.137. The fraction of sp³-hybridized carbons (Fsp3) is 0.625. The first-order valence-electron chi connectivity index (χ1n) is 7.06. The van der Waals surface area contributed by atoms with E-state index in [2.05, 4.69) is 33.0 Å². The number of benzene rings is 1. The SMILES string of the molecule is CC1(C)C(NCC(O)c2cccc(C(F)(F)F)c2)C1(C)C. The van der Waals surface area contributed by atoms with Crippen molar-refractivity contribution in [2.45, 2.75) is 46.0 Å². The van der Waals surface area contributed by atoms with Crippen LogP contribution in [0.5, 0.6) is 0 Å². The predicted molar refractivity (Wildman–Crippen MR) is 75.8 cm³/mol. The first kappa shape index (κ1) is 16.3. The molecule has 21 heavy (non-hydrogen) atoms. The largest absolute Gasteiger partial charge is 0.416 e. The van der Waals surface area contributed by atoms with Crippen molar-refractivity contribution in [1.29, 1.82) is 0 Å². The van der Waals surface area contributed by atoms with Crippen molar-refractivity contribution in [3.05, 3.63) is 35.4 Å². The molecule has 0 saturated heterocycles. The van der Waals surface area contributed by atoms with Crippen LogP contribution >= 0.6 is 0 Å². The second-order valence-corrected chi connectivity index (χ2v) is 6.92. The molecule has 1 aromatic carbocycles. The number of alkyl halides is 3. The normalized spacial score (nSPS) is 22.1. The molecule has 0 aliphatic heterocycles. The number of aliphatic hydroxyl groups excluding tert-OH is 1. The monoisotopic (exact) mass is 301 g/mol. The lowest BCUT2D eigenvalue weighted by atomic mass is 10.0. The molecule has 0 aromatic heterocycles. The summed E-state index contributed by atoms with van der Waals surface area (Å²) in [7, 11) is 0. The van der Waals surface area contributed by atoms with Crippen molar-refractivity contribution >= 4 is 0 Å². The van der Waals surface area contributed by atoms with E-state index < -0.39 is 17.8 Å². The number of nitrogens with one attached hydrogen (secondary N) is 1. The van der Waals surface area contributed by atoms with Crippen LogP contribution in [0.2, 0.25) is 0 Å². The van der Waals surface area contributed by atoms with Gasteiger partial charge in [-0.05, 0) is 28.5 Å². The Balaban J connectivity index is 2.00. The lowest BCUT2D eigenvalue weighted by Gasteiger charge is -2.15. The third-order valence-electron chi connectivity index (χ3n) is 5.13. The van der Waals surface area contributed by atoms with Crippen LogP contribution in [0.3, 0.4) is 0 Å². The van der Waals surface area contributed by atoms with Crippen molar-refractivity contribution < 1.29 is 18.3 Å². The van der Waals surface area contributed by atoms with E-state index in [1.165, 1.54) is 12.1 Å². The second kappa shape index (κ2) is 4.99. The van der Waals surface area contributed by atoms with Gasteiger partial charge in [-0.1, -0.05) is 39.8 Å². The van der Waals surface area contributed by atoms with E-state index in [-0.39, 0.29) is 29.0 Å². The molecule has 1 atom stereocenters. The maximum absolute atomic E-state index is 12.7. The van der Waals surface area contributed by atoms with Gasteiger partial charge < -0.3 is 10.4 Å². The molecule has 118 valence electrons. The van der Waals surface area contributed by atoms with Crippen molar-refractivity contribution in [3.63, 3.8) is 0 Å². The van der Waals surface area contributed by atoms with Gasteiger partial charge in [0, 0.05) is 12.6 Å². The van der Waals surface area contributed by atoms with Crippen LogP contribution in [-0.4, -0.2) is 17.7 Å². The highest BCUT2D eigenvalue weighted by molar-refractivity contribution is 5.27. The molecule has 0 bridgehead atoms. The van der Waals surface area contributed by atoms with E-state index in [4.69, 9.17) is 0 Å². The van der Waals surface area contributed by atoms with E-state index in [1.54, 1.807) is 0 Å². The van der Waals surface area contributed by atoms with Crippen LogP contribution in [-0.2, 0) is 6.18 Å². The van der Waals surface area contributed by atoms with E-state index in [0.717, 1.165) is 12.1 Å². The maximum atomic E-state index is 12.7. The highest BCUT2D eigenvalue weighted by Crippen LogP contribution is 2.62. The fourth-order valence-corrected chi connectivity index (χ4v) is 2.98. The topological polar surface area (TPSA) is 32.3 Å². The minimum atomic E-state index is -4.39. The first-order chi connectivity index (χ1) is 9.48. The minimum Gasteiger partial charge on any atom is -0.387 e. The van der Waals surface area contributed by atoms with Crippen molar-refractivity contribution in [2.24, 2.45) is 10.8 Å². The van der Waals surface area contributed by atoms with Crippen molar-refractivity contribution in [2.75, 3.05) is 6.54 Å². The summed E-state index contributed by atoms with van der Waals surface area (Å²) in [4.78, 5) is 0. The van der Waals surface area contributed by atoms with Crippen LogP contribution in [0, 0.1) is 10.8 Å². The Labute approximate surface area is 123 Å². The zero-order valence-electron chi connectivity index (χ0n) is 12.8. The molecule has 1 aliphatic rings. The molecule has 0 heterocycles. The second-order valence-electron chi connectivity index (χ2n) is 6.92. The van der Waals surface area contributed by atoms with Gasteiger partial charge in [-0.2, -0.15) is 13.2 Å². The van der Waals surface area contributed by atoms with E-state index in [9.17, 15) is 18.3 Å². The summed E-state index contributed by atoms with van der Waals surface area (Å²) >= 11 is 0. The summed E-state index contributed by atoms with van der Waals surface area (Å²) in [5, 5.41) is 13.4. The fourth-order valence-electron chi connectivity index (χ4n) is 2.98. The van der Waals surface area contributed by atoms with Gasteiger partial charge in [-0.3, -0.25) is 0 Å². The Bertz CT molecular complexity index is 508. The lowest BCUT2D eigenvalue weighted by Crippen LogP contribution is -2.27. The summed E-state index contributed by atoms with van der Waals surface area (Å²) < 4.78 is 38.0. The summed E-state index contributed by atoms with van der Waals surface area (Å²) in [6.45, 7) is 8.81. The van der Waals surface area contributed by atoms with Gasteiger partial charge in [0.1, 0.15) is 0 Å². The zero-order chi connectivity index (χ0) is 16.1. The zero-order valence-corrected chi connectivity index (χ0v) is 12.8. The van der Waals surface area contributed by atoms with Gasteiger partial charge in [0.05, 0.1) is 11.7 Å². The maximum Gasteiger partial charge on any atom is 0.416 e. The summed E-state index contributed by atoms with van der Waals surface area (Å²) in [5.41, 5.74) is -0.194. The summed E-state index contributed by atoms with van der Waals surface area (Å²) in [6, 6.07) is 5.12. The average Bonchev–Trinajstić information content (AvgIpc) is 2.76. The van der Waals surface area contributed by atoms with Crippen LogP contribution < -0.4 is 5.32 Å². The molecule has 0 radical (unpaired) electrons. The molecule has 2 rings (SSSR count). The third-order valence-corrected chi connectivity index (χ3v) is 5.13. The number of rotatable bonds is 4. The highest BCUT2D eigenvalue weighted by Gasteiger charge is 2.64. The number of hydrogen-bond acceptors (Lipinski definition) is 2. The molecular weight excluding hydrogens is 279 g/mol. The molecule has 1 aromatic rings. The quantitative estimate of drug-likeness (QED) is 0.887. The Hall–Kier alpha value is -1.07. The molecule has 2 nitrogen and oxygen atoms in total. The molecule has 2 N–H and O–H groups in total. The first-order valence-corrected chi connectivity index (χ1v) is 7.06. The van der Waals surface area contributed by atoms with Crippen LogP contribution in [0.25, 0.3) is 0 Å². The molecule has 5 heteroatoms. The smallest absolute Gasteiger partial charge is 0.387 e. The Morgan fingerprint density at radius 1 is 1.19 bits per heavy atom. The molecular formula is C16H22F3NO.